The van der Waals surface area contributed by atoms with E-state index in [-0.39, 0.29) is 22.8 Å². The molecule has 0 aliphatic carbocycles. The number of nitrogens with one attached hydrogen (secondary N) is 1. The van der Waals surface area contributed by atoms with Gasteiger partial charge in [0, 0.05) is 12.5 Å². The molecule has 1 amide bonds. The van der Waals surface area contributed by atoms with Crippen LogP contribution in [0.25, 0.3) is 0 Å². The lowest BCUT2D eigenvalue weighted by Gasteiger charge is -2.26. The predicted octanol–water partition coefficient (Wildman–Crippen LogP) is 4.10. The summed E-state index contributed by atoms with van der Waals surface area (Å²) in [5.74, 6) is -2.20. The van der Waals surface area contributed by atoms with Crippen molar-refractivity contribution in [1.29, 1.82) is 0 Å². The molecule has 6 nitrogen and oxygen atoms in total. The highest BCUT2D eigenvalue weighted by Gasteiger charge is 2.31. The van der Waals surface area contributed by atoms with Gasteiger partial charge in [0.25, 0.3) is 5.91 Å². The number of aryl methyl sites for hydroxylation is 1. The number of hydrogen-bond acceptors (Lipinski definition) is 4. The topological polar surface area (TPSA) is 88.8 Å². The van der Waals surface area contributed by atoms with Crippen LogP contribution in [0.2, 0.25) is 0 Å². The third-order valence-electron chi connectivity index (χ3n) is 3.82. The Bertz CT molecular complexity index is 838. The maximum absolute atomic E-state index is 12.4. The molecule has 0 atom stereocenters. The number of furan rings is 1. The Morgan fingerprint density at radius 2 is 1.78 bits per heavy atom. The van der Waals surface area contributed by atoms with Crippen molar-refractivity contribution in [3.05, 3.63) is 53.0 Å². The minimum absolute atomic E-state index is 0.0888. The highest BCUT2D eigenvalue weighted by molar-refractivity contribution is 5.96. The van der Waals surface area contributed by atoms with Gasteiger partial charge in [-0.25, -0.2) is 4.79 Å². The van der Waals surface area contributed by atoms with Crippen molar-refractivity contribution < 1.29 is 37.0 Å². The van der Waals surface area contributed by atoms with Crippen molar-refractivity contribution in [3.8, 4) is 5.75 Å². The van der Waals surface area contributed by atoms with Crippen molar-refractivity contribution in [2.24, 2.45) is 0 Å². The lowest BCUT2D eigenvalue weighted by Crippen LogP contribution is -2.40. The normalized spacial score (nSPS) is 11.9. The van der Waals surface area contributed by atoms with E-state index >= 15 is 0 Å². The van der Waals surface area contributed by atoms with Crippen molar-refractivity contribution in [2.45, 2.75) is 39.1 Å². The Hall–Kier alpha value is -2.97. The lowest BCUT2D eigenvalue weighted by molar-refractivity contribution is -0.274. The number of carbonyl (C=O) groups excluding carboxylic acids is 1. The molecule has 1 heterocycles. The molecule has 9 heteroatoms. The fraction of sp³-hybridized carbons (Fsp3) is 0.333. The van der Waals surface area contributed by atoms with E-state index in [1.165, 1.54) is 12.1 Å². The first-order valence-corrected chi connectivity index (χ1v) is 7.97. The van der Waals surface area contributed by atoms with Crippen LogP contribution in [0.1, 0.15) is 53.0 Å². The summed E-state index contributed by atoms with van der Waals surface area (Å²) in [5.41, 5.74) is -0.531. The van der Waals surface area contributed by atoms with E-state index in [0.29, 0.717) is 12.0 Å². The fourth-order valence-corrected chi connectivity index (χ4v) is 2.48. The van der Waals surface area contributed by atoms with Crippen LogP contribution in [0, 0.1) is 0 Å². The molecule has 2 rings (SSSR count). The summed E-state index contributed by atoms with van der Waals surface area (Å²) in [6.07, 6.45) is -4.48. The summed E-state index contributed by atoms with van der Waals surface area (Å²) in [7, 11) is 0. The predicted molar refractivity (Wildman–Crippen MR) is 88.7 cm³/mol. The summed E-state index contributed by atoms with van der Waals surface area (Å²) in [5, 5.41) is 11.8. The van der Waals surface area contributed by atoms with Gasteiger partial charge < -0.3 is 19.6 Å². The number of amides is 1. The van der Waals surface area contributed by atoms with E-state index < -0.39 is 23.8 Å². The van der Waals surface area contributed by atoms with Crippen LogP contribution in [-0.4, -0.2) is 23.3 Å². The number of rotatable bonds is 6. The minimum atomic E-state index is -4.79. The van der Waals surface area contributed by atoms with Crippen molar-refractivity contribution in [2.75, 3.05) is 0 Å². The molecule has 2 N–H and O–H groups in total. The molecule has 1 aromatic carbocycles. The van der Waals surface area contributed by atoms with Crippen LogP contribution in [0.4, 0.5) is 13.2 Å². The molecule has 0 unspecified atom stereocenters. The zero-order valence-corrected chi connectivity index (χ0v) is 14.8. The average molecular weight is 385 g/mol. The first-order chi connectivity index (χ1) is 12.4. The highest BCUT2D eigenvalue weighted by atomic mass is 19.4. The number of ether oxygens (including phenoxy) is 1. The van der Waals surface area contributed by atoms with E-state index in [0.717, 1.165) is 18.2 Å². The monoisotopic (exact) mass is 385 g/mol. The van der Waals surface area contributed by atoms with Gasteiger partial charge in [0.15, 0.2) is 5.76 Å². The second-order valence-corrected chi connectivity index (χ2v) is 6.26. The van der Waals surface area contributed by atoms with Crippen LogP contribution in [0.15, 0.2) is 34.7 Å². The van der Waals surface area contributed by atoms with Gasteiger partial charge in [0.1, 0.15) is 17.1 Å². The smallest absolute Gasteiger partial charge is 0.478 e. The van der Waals surface area contributed by atoms with Gasteiger partial charge >= 0.3 is 12.3 Å². The summed E-state index contributed by atoms with van der Waals surface area (Å²) >= 11 is 0. The number of carboxylic acids is 1. The third-order valence-corrected chi connectivity index (χ3v) is 3.82. The SMILES string of the molecule is CCc1oc(C(=O)NC(C)(C)c2ccc(OC(F)(F)F)cc2)cc1C(=O)O. The molecule has 1 aromatic heterocycles. The number of aromatic carboxylic acids is 1. The Morgan fingerprint density at radius 3 is 2.22 bits per heavy atom. The molecule has 146 valence electrons. The summed E-state index contributed by atoms with van der Waals surface area (Å²) in [6.45, 7) is 4.99. The van der Waals surface area contributed by atoms with Gasteiger partial charge in [-0.15, -0.1) is 13.2 Å². The number of benzene rings is 1. The standard InChI is InChI=1S/C18H18F3NO5/c1-4-13-12(16(24)25)9-14(26-13)15(23)22-17(2,3)10-5-7-11(8-6-10)27-18(19,20)21/h5-9H,4H2,1-3H3,(H,22,23)(H,24,25). The molecule has 2 aromatic rings. The second-order valence-electron chi connectivity index (χ2n) is 6.26. The van der Waals surface area contributed by atoms with Gasteiger partial charge in [-0.05, 0) is 31.5 Å². The van der Waals surface area contributed by atoms with Crippen molar-refractivity contribution in [1.82, 2.24) is 5.32 Å². The van der Waals surface area contributed by atoms with Gasteiger partial charge in [-0.1, -0.05) is 19.1 Å². The van der Waals surface area contributed by atoms with Crippen LogP contribution in [0.3, 0.4) is 0 Å². The van der Waals surface area contributed by atoms with Crippen LogP contribution in [-0.2, 0) is 12.0 Å². The van der Waals surface area contributed by atoms with Crippen LogP contribution >= 0.6 is 0 Å². The first-order valence-electron chi connectivity index (χ1n) is 7.97. The van der Waals surface area contributed by atoms with E-state index in [1.807, 2.05) is 0 Å². The second kappa shape index (κ2) is 7.34. The van der Waals surface area contributed by atoms with Crippen molar-refractivity contribution >= 4 is 11.9 Å². The number of halogens is 3. The number of alkyl halides is 3. The molecule has 0 spiro atoms. The Labute approximate surface area is 152 Å². The van der Waals surface area contributed by atoms with E-state index in [2.05, 4.69) is 10.1 Å². The quantitative estimate of drug-likeness (QED) is 0.781. The van der Waals surface area contributed by atoms with E-state index in [1.54, 1.807) is 20.8 Å². The number of carbonyl (C=O) groups is 2. The Kier molecular flexibility index (Phi) is 5.53. The van der Waals surface area contributed by atoms with Crippen LogP contribution < -0.4 is 10.1 Å². The molecular weight excluding hydrogens is 367 g/mol. The van der Waals surface area contributed by atoms with Crippen molar-refractivity contribution in [3.63, 3.8) is 0 Å². The highest BCUT2D eigenvalue weighted by Crippen LogP contribution is 2.27. The number of hydrogen-bond donors (Lipinski definition) is 2. The Balaban J connectivity index is 2.18. The van der Waals surface area contributed by atoms with Gasteiger partial charge in [-0.2, -0.15) is 0 Å². The van der Waals surface area contributed by atoms with Crippen LogP contribution in [0.5, 0.6) is 5.75 Å². The molecule has 0 aliphatic heterocycles. The van der Waals surface area contributed by atoms with Gasteiger partial charge in [0.2, 0.25) is 0 Å². The largest absolute Gasteiger partial charge is 0.573 e. The maximum atomic E-state index is 12.4. The maximum Gasteiger partial charge on any atom is 0.573 e. The Morgan fingerprint density at radius 1 is 1.19 bits per heavy atom. The zero-order valence-electron chi connectivity index (χ0n) is 14.8. The average Bonchev–Trinajstić information content (AvgIpc) is 2.98. The molecule has 0 bridgehead atoms. The molecule has 0 aliphatic rings. The fourth-order valence-electron chi connectivity index (χ4n) is 2.48. The molecule has 0 saturated carbocycles. The summed E-state index contributed by atoms with van der Waals surface area (Å²) in [4.78, 5) is 23.6. The summed E-state index contributed by atoms with van der Waals surface area (Å²) < 4.78 is 45.8. The molecular formula is C18H18F3NO5. The molecule has 27 heavy (non-hydrogen) atoms. The third kappa shape index (κ3) is 5.02. The zero-order chi connectivity index (χ0) is 20.4. The first kappa shape index (κ1) is 20.3. The molecule has 0 radical (unpaired) electrons. The van der Waals surface area contributed by atoms with E-state index in [9.17, 15) is 22.8 Å². The molecule has 0 fully saturated rings. The number of carboxylic acid groups (broad SMARTS) is 1. The lowest BCUT2D eigenvalue weighted by atomic mass is 9.94. The molecule has 0 saturated heterocycles. The minimum Gasteiger partial charge on any atom is -0.478 e. The van der Waals surface area contributed by atoms with E-state index in [4.69, 9.17) is 9.52 Å². The van der Waals surface area contributed by atoms with Gasteiger partial charge in [0.05, 0.1) is 5.54 Å². The summed E-state index contributed by atoms with van der Waals surface area (Å²) in [6, 6.07) is 6.21. The van der Waals surface area contributed by atoms with Gasteiger partial charge in [-0.3, -0.25) is 4.79 Å².